The number of amides is 1. The Bertz CT molecular complexity index is 714. The molecule has 1 aliphatic heterocycles. The molecule has 2 aromatic heterocycles. The van der Waals surface area contributed by atoms with Gasteiger partial charge in [-0.3, -0.25) is 9.69 Å². The lowest BCUT2D eigenvalue weighted by Gasteiger charge is -2.37. The van der Waals surface area contributed by atoms with Gasteiger partial charge >= 0.3 is 0 Å². The van der Waals surface area contributed by atoms with E-state index in [0.717, 1.165) is 26.1 Å². The third kappa shape index (κ3) is 4.45. The Morgan fingerprint density at radius 1 is 1.52 bits per heavy atom. The number of carbonyl (C=O) groups excluding carboxylic acids is 1. The van der Waals surface area contributed by atoms with Crippen LogP contribution in [-0.4, -0.2) is 53.8 Å². The quantitative estimate of drug-likeness (QED) is 0.843. The second-order valence-corrected chi connectivity index (χ2v) is 7.44. The highest BCUT2D eigenvalue weighted by Gasteiger charge is 2.35. The Hall–Kier alpha value is -1.77. The third-order valence-corrected chi connectivity index (χ3v) is 5.52. The van der Waals surface area contributed by atoms with Gasteiger partial charge in [0.15, 0.2) is 5.82 Å². The van der Waals surface area contributed by atoms with Crippen molar-refractivity contribution in [1.29, 1.82) is 0 Å². The molecule has 8 heteroatoms. The number of hydrogen-bond acceptors (Lipinski definition) is 7. The molecule has 0 radical (unpaired) electrons. The minimum Gasteiger partial charge on any atom is -0.375 e. The summed E-state index contributed by atoms with van der Waals surface area (Å²) in [6.45, 7) is 6.57. The van der Waals surface area contributed by atoms with Gasteiger partial charge in [0.2, 0.25) is 11.8 Å². The van der Waals surface area contributed by atoms with Crippen molar-refractivity contribution in [3.63, 3.8) is 0 Å². The molecule has 25 heavy (non-hydrogen) atoms. The molecule has 0 unspecified atom stereocenters. The zero-order valence-electron chi connectivity index (χ0n) is 14.8. The van der Waals surface area contributed by atoms with Gasteiger partial charge < -0.3 is 14.6 Å². The maximum Gasteiger partial charge on any atom is 0.246 e. The molecule has 3 heterocycles. The first-order valence-electron chi connectivity index (χ1n) is 8.40. The van der Waals surface area contributed by atoms with E-state index in [9.17, 15) is 4.79 Å². The second-order valence-electron chi connectivity index (χ2n) is 6.44. The lowest BCUT2D eigenvalue weighted by Crippen LogP contribution is -2.52. The second kappa shape index (κ2) is 8.07. The number of aromatic nitrogens is 2. The lowest BCUT2D eigenvalue weighted by molar-refractivity contribution is -0.126. The summed E-state index contributed by atoms with van der Waals surface area (Å²) >= 11 is 1.78. The minimum atomic E-state index is -0.122. The number of nitrogens with one attached hydrogen (secondary N) is 1. The molecule has 2 atom stereocenters. The number of aryl methyl sites for hydroxylation is 2. The highest BCUT2D eigenvalue weighted by Crippen LogP contribution is 2.29. The Kier molecular flexibility index (Phi) is 5.82. The molecular formula is C17H24N4O3S. The lowest BCUT2D eigenvalue weighted by atomic mass is 9.91. The van der Waals surface area contributed by atoms with E-state index in [1.54, 1.807) is 18.3 Å². The average molecular weight is 364 g/mol. The number of likely N-dealkylation sites (tertiary alicyclic amines) is 1. The Labute approximate surface area is 151 Å². The Morgan fingerprint density at radius 3 is 3.00 bits per heavy atom. The smallest absolute Gasteiger partial charge is 0.246 e. The molecule has 7 nitrogen and oxygen atoms in total. The summed E-state index contributed by atoms with van der Waals surface area (Å²) < 4.78 is 10.3. The van der Waals surface area contributed by atoms with Gasteiger partial charge in [0.05, 0.1) is 12.0 Å². The van der Waals surface area contributed by atoms with Crippen LogP contribution in [0.2, 0.25) is 0 Å². The molecule has 0 aliphatic carbocycles. The fraction of sp³-hybridized carbons (Fsp3) is 0.588. The monoisotopic (exact) mass is 364 g/mol. The summed E-state index contributed by atoms with van der Waals surface area (Å²) in [5.41, 5.74) is 1.32. The van der Waals surface area contributed by atoms with Crippen LogP contribution in [-0.2, 0) is 16.1 Å². The molecular weight excluding hydrogens is 340 g/mol. The SMILES string of the molecule is COCC(=O)N[C@@H]1CN(Cc2sccc2C)CC[C@@H]1c1nc(C)no1. The van der Waals surface area contributed by atoms with Gasteiger partial charge in [-0.1, -0.05) is 5.16 Å². The highest BCUT2D eigenvalue weighted by molar-refractivity contribution is 7.10. The Balaban J connectivity index is 1.72. The molecule has 0 spiro atoms. The number of rotatable bonds is 6. The summed E-state index contributed by atoms with van der Waals surface area (Å²) in [5, 5.41) is 9.09. The topological polar surface area (TPSA) is 80.5 Å². The summed E-state index contributed by atoms with van der Waals surface area (Å²) in [4.78, 5) is 20.2. The van der Waals surface area contributed by atoms with Crippen molar-refractivity contribution < 1.29 is 14.1 Å². The van der Waals surface area contributed by atoms with Gasteiger partial charge in [-0.2, -0.15) is 4.98 Å². The van der Waals surface area contributed by atoms with Crippen molar-refractivity contribution in [2.45, 2.75) is 38.8 Å². The van der Waals surface area contributed by atoms with Crippen molar-refractivity contribution in [2.75, 3.05) is 26.8 Å². The van der Waals surface area contributed by atoms with Crippen molar-refractivity contribution in [1.82, 2.24) is 20.4 Å². The summed E-state index contributed by atoms with van der Waals surface area (Å²) in [6.07, 6.45) is 0.865. The fourth-order valence-corrected chi connectivity index (χ4v) is 4.16. The van der Waals surface area contributed by atoms with Gasteiger partial charge in [-0.05, 0) is 43.8 Å². The summed E-state index contributed by atoms with van der Waals surface area (Å²) in [6, 6.07) is 2.07. The van der Waals surface area contributed by atoms with Gasteiger partial charge in [-0.15, -0.1) is 11.3 Å². The molecule has 1 fully saturated rings. The molecule has 1 aliphatic rings. The van der Waals surface area contributed by atoms with Crippen LogP contribution in [0.25, 0.3) is 0 Å². The van der Waals surface area contributed by atoms with Gasteiger partial charge in [0, 0.05) is 25.1 Å². The van der Waals surface area contributed by atoms with Crippen molar-refractivity contribution in [3.05, 3.63) is 33.6 Å². The van der Waals surface area contributed by atoms with Crippen LogP contribution >= 0.6 is 11.3 Å². The van der Waals surface area contributed by atoms with Crippen molar-refractivity contribution in [3.8, 4) is 0 Å². The number of methoxy groups -OCH3 is 1. The van der Waals surface area contributed by atoms with Crippen LogP contribution in [0.5, 0.6) is 0 Å². The Morgan fingerprint density at radius 2 is 2.36 bits per heavy atom. The van der Waals surface area contributed by atoms with Crippen LogP contribution in [0.3, 0.4) is 0 Å². The minimum absolute atomic E-state index is 0.0303. The first-order valence-corrected chi connectivity index (χ1v) is 9.28. The van der Waals surface area contributed by atoms with E-state index in [-0.39, 0.29) is 24.5 Å². The van der Waals surface area contributed by atoms with Crippen molar-refractivity contribution in [2.24, 2.45) is 0 Å². The zero-order valence-corrected chi connectivity index (χ0v) is 15.6. The molecule has 0 saturated carbocycles. The number of hydrogen-bond donors (Lipinski definition) is 1. The van der Waals surface area contributed by atoms with E-state index >= 15 is 0 Å². The van der Waals surface area contributed by atoms with Crippen LogP contribution in [0.1, 0.15) is 34.5 Å². The molecule has 1 N–H and O–H groups in total. The number of thiophene rings is 1. The van der Waals surface area contributed by atoms with E-state index < -0.39 is 0 Å². The van der Waals surface area contributed by atoms with Crippen molar-refractivity contribution >= 4 is 17.2 Å². The zero-order chi connectivity index (χ0) is 17.8. The first-order chi connectivity index (χ1) is 12.1. The van der Waals surface area contributed by atoms with Crippen LogP contribution < -0.4 is 5.32 Å². The van der Waals surface area contributed by atoms with Crippen LogP contribution in [0.4, 0.5) is 0 Å². The maximum atomic E-state index is 12.1. The van der Waals surface area contributed by atoms with Crippen LogP contribution in [0, 0.1) is 13.8 Å². The maximum absolute atomic E-state index is 12.1. The number of carbonyl (C=O) groups is 1. The van der Waals surface area contributed by atoms with E-state index in [2.05, 4.69) is 38.7 Å². The van der Waals surface area contributed by atoms with Gasteiger partial charge in [-0.25, -0.2) is 0 Å². The fourth-order valence-electron chi connectivity index (χ4n) is 3.22. The van der Waals surface area contributed by atoms with Crippen LogP contribution in [0.15, 0.2) is 16.0 Å². The van der Waals surface area contributed by atoms with E-state index in [0.29, 0.717) is 11.7 Å². The molecule has 0 aromatic carbocycles. The van der Waals surface area contributed by atoms with E-state index in [4.69, 9.17) is 9.26 Å². The predicted molar refractivity (Wildman–Crippen MR) is 94.5 cm³/mol. The molecule has 136 valence electrons. The third-order valence-electron chi connectivity index (χ3n) is 4.51. The number of piperidine rings is 1. The summed E-state index contributed by atoms with van der Waals surface area (Å²) in [5.74, 6) is 1.13. The average Bonchev–Trinajstić information content (AvgIpc) is 3.17. The number of nitrogens with zero attached hydrogens (tertiary/aromatic N) is 3. The number of ether oxygens (including phenoxy) is 1. The molecule has 1 saturated heterocycles. The molecule has 0 bridgehead atoms. The summed E-state index contributed by atoms with van der Waals surface area (Å²) in [7, 11) is 1.52. The largest absolute Gasteiger partial charge is 0.375 e. The standard InChI is InChI=1S/C17H24N4O3S/c1-11-5-7-25-15(11)9-21-6-4-13(17-18-12(2)20-24-17)14(8-21)19-16(22)10-23-3/h5,7,13-14H,4,6,8-10H2,1-3H3,(H,19,22)/t13-,14+/m0/s1. The normalized spacial score (nSPS) is 21.4. The molecule has 3 rings (SSSR count). The first kappa shape index (κ1) is 18.0. The predicted octanol–water partition coefficient (Wildman–Crippen LogP) is 1.87. The van der Waals surface area contributed by atoms with Gasteiger partial charge in [0.25, 0.3) is 0 Å². The van der Waals surface area contributed by atoms with E-state index in [1.807, 2.05) is 0 Å². The van der Waals surface area contributed by atoms with E-state index in [1.165, 1.54) is 17.6 Å². The molecule has 2 aromatic rings. The molecule has 1 amide bonds. The highest BCUT2D eigenvalue weighted by atomic mass is 32.1. The van der Waals surface area contributed by atoms with Gasteiger partial charge in [0.1, 0.15) is 6.61 Å².